The van der Waals surface area contributed by atoms with Crippen LogP contribution in [0, 0.1) is 32.6 Å². The third kappa shape index (κ3) is 1.58. The van der Waals surface area contributed by atoms with Crippen LogP contribution in [0.4, 0.5) is 0 Å². The molecule has 4 rings (SSSR count). The molecule has 1 aromatic rings. The Morgan fingerprint density at radius 2 is 1.33 bits per heavy atom. The van der Waals surface area contributed by atoms with Gasteiger partial charge in [0, 0.05) is 0 Å². The second kappa shape index (κ2) is 4.14. The van der Waals surface area contributed by atoms with Crippen molar-refractivity contribution in [3.8, 4) is 0 Å². The number of carbonyl (C=O) groups excluding carboxylic acids is 2. The minimum Gasteiger partial charge on any atom is -0.365 e. The van der Waals surface area contributed by atoms with Gasteiger partial charge in [-0.05, 0) is 37.5 Å². The number of hydrogen-bond donors (Lipinski definition) is 0. The Balaban J connectivity index is 1.82. The lowest BCUT2D eigenvalue weighted by molar-refractivity contribution is -0.127. The van der Waals surface area contributed by atoms with Crippen molar-refractivity contribution in [2.24, 2.45) is 11.8 Å². The van der Waals surface area contributed by atoms with E-state index in [1.54, 1.807) is 0 Å². The van der Waals surface area contributed by atoms with Crippen molar-refractivity contribution in [2.45, 2.75) is 38.9 Å². The first-order valence-corrected chi connectivity index (χ1v) is 7.48. The largest absolute Gasteiger partial charge is 0.365 e. The number of hydrogen-bond acceptors (Lipinski definition) is 3. The molecule has 0 aromatic heterocycles. The van der Waals surface area contributed by atoms with Crippen LogP contribution in [-0.4, -0.2) is 23.8 Å². The Kier molecular flexibility index (Phi) is 2.55. The molecule has 0 N–H and O–H groups in total. The van der Waals surface area contributed by atoms with Crippen molar-refractivity contribution < 1.29 is 14.3 Å². The molecule has 1 unspecified atom stereocenters. The number of ketones is 2. The quantitative estimate of drug-likeness (QED) is 0.587. The lowest BCUT2D eigenvalue weighted by atomic mass is 9.85. The van der Waals surface area contributed by atoms with Crippen molar-refractivity contribution in [3.63, 3.8) is 0 Å². The zero-order valence-corrected chi connectivity index (χ0v) is 12.4. The van der Waals surface area contributed by atoms with Crippen molar-refractivity contribution in [2.75, 3.05) is 0 Å². The Bertz CT molecular complexity index is 647. The summed E-state index contributed by atoms with van der Waals surface area (Å²) in [5.74, 6) is -1.02. The van der Waals surface area contributed by atoms with Crippen molar-refractivity contribution in [3.05, 3.63) is 46.5 Å². The molecule has 1 saturated carbocycles. The summed E-state index contributed by atoms with van der Waals surface area (Å²) in [5.41, 5.74) is 4.17. The molecule has 0 radical (unpaired) electrons. The second-order valence-electron chi connectivity index (χ2n) is 6.55. The van der Waals surface area contributed by atoms with E-state index in [4.69, 9.17) is 4.74 Å². The molecule has 0 spiro atoms. The lowest BCUT2D eigenvalue weighted by Gasteiger charge is -2.18. The zero-order valence-electron chi connectivity index (χ0n) is 12.4. The molecular weight excluding hydrogens is 264 g/mol. The van der Waals surface area contributed by atoms with Crippen LogP contribution in [0.15, 0.2) is 24.3 Å². The normalized spacial score (nSPS) is 36.6. The smallest absolute Gasteiger partial charge is 0.154 e. The van der Waals surface area contributed by atoms with Crippen LogP contribution in [0.3, 0.4) is 0 Å². The summed E-state index contributed by atoms with van der Waals surface area (Å²) in [6.45, 7) is 6.02. The molecule has 5 atom stereocenters. The van der Waals surface area contributed by atoms with E-state index in [9.17, 15) is 9.59 Å². The van der Waals surface area contributed by atoms with Gasteiger partial charge in [0.15, 0.2) is 11.6 Å². The first-order valence-electron chi connectivity index (χ1n) is 7.48. The fourth-order valence-corrected chi connectivity index (χ4v) is 4.44. The number of benzene rings is 1. The van der Waals surface area contributed by atoms with E-state index in [1.165, 1.54) is 0 Å². The van der Waals surface area contributed by atoms with Gasteiger partial charge in [-0.3, -0.25) is 9.59 Å². The summed E-state index contributed by atoms with van der Waals surface area (Å²) in [6.07, 6.45) is 3.50. The molecule has 21 heavy (non-hydrogen) atoms. The van der Waals surface area contributed by atoms with Crippen LogP contribution in [0.1, 0.15) is 28.2 Å². The molecule has 1 aliphatic carbocycles. The van der Waals surface area contributed by atoms with Gasteiger partial charge in [-0.2, -0.15) is 0 Å². The second-order valence-corrected chi connectivity index (χ2v) is 6.55. The number of fused-ring (bicyclic) bond motifs is 5. The van der Waals surface area contributed by atoms with Crippen LogP contribution in [0.25, 0.3) is 0 Å². The van der Waals surface area contributed by atoms with Gasteiger partial charge in [0.1, 0.15) is 5.92 Å². The summed E-state index contributed by atoms with van der Waals surface area (Å²) in [5, 5.41) is 0. The molecule has 1 saturated heterocycles. The van der Waals surface area contributed by atoms with E-state index in [1.807, 2.05) is 32.9 Å². The zero-order chi connectivity index (χ0) is 14.9. The van der Waals surface area contributed by atoms with E-state index < -0.39 is 5.92 Å². The standard InChI is InChI=1S/C18H18O3/c1-8-6-9(2)13(10(3)7-8)16-17(19)14-11-4-5-12(21-11)15(14)18(16)20/h4-7,11-12,14-16H,1-3H3/t11-,12+,14-,15+,16?. The van der Waals surface area contributed by atoms with Crippen LogP contribution in [0.5, 0.6) is 0 Å². The highest BCUT2D eigenvalue weighted by Gasteiger charge is 2.61. The van der Waals surface area contributed by atoms with Gasteiger partial charge in [0.25, 0.3) is 0 Å². The average molecular weight is 282 g/mol. The molecule has 2 fully saturated rings. The maximum absolute atomic E-state index is 12.8. The van der Waals surface area contributed by atoms with Gasteiger partial charge >= 0.3 is 0 Å². The molecular formula is C18H18O3. The Hall–Kier alpha value is -1.74. The van der Waals surface area contributed by atoms with Gasteiger partial charge < -0.3 is 4.74 Å². The third-order valence-electron chi connectivity index (χ3n) is 5.15. The molecule has 108 valence electrons. The number of Topliss-reactive ketones (excluding diaryl/α,β-unsaturated/α-hetero) is 2. The topological polar surface area (TPSA) is 43.4 Å². The van der Waals surface area contributed by atoms with Crippen LogP contribution < -0.4 is 0 Å². The fourth-order valence-electron chi connectivity index (χ4n) is 4.44. The summed E-state index contributed by atoms with van der Waals surface area (Å²) in [4.78, 5) is 25.7. The molecule has 0 amide bonds. The van der Waals surface area contributed by atoms with Gasteiger partial charge in [-0.15, -0.1) is 0 Å². The SMILES string of the molecule is Cc1cc(C)c(C2C(=O)[C@@H]3[C@H](C2=O)[C@H]2C=C[C@@H]3O2)c(C)c1. The predicted octanol–water partition coefficient (Wildman–Crippen LogP) is 2.42. The van der Waals surface area contributed by atoms with Crippen LogP contribution in [0.2, 0.25) is 0 Å². The summed E-state index contributed by atoms with van der Waals surface area (Å²) in [7, 11) is 0. The van der Waals surface area contributed by atoms with Gasteiger partial charge in [-0.25, -0.2) is 0 Å². The lowest BCUT2D eigenvalue weighted by Crippen LogP contribution is -2.26. The maximum atomic E-state index is 12.8. The Morgan fingerprint density at radius 3 is 1.81 bits per heavy atom. The van der Waals surface area contributed by atoms with E-state index >= 15 is 0 Å². The molecule has 1 aromatic carbocycles. The maximum Gasteiger partial charge on any atom is 0.154 e. The number of carbonyl (C=O) groups is 2. The van der Waals surface area contributed by atoms with Crippen molar-refractivity contribution >= 4 is 11.6 Å². The van der Waals surface area contributed by atoms with Crippen LogP contribution >= 0.6 is 0 Å². The first kappa shape index (κ1) is 13.0. The molecule has 3 aliphatic rings. The van der Waals surface area contributed by atoms with Gasteiger partial charge in [0.2, 0.25) is 0 Å². The van der Waals surface area contributed by atoms with E-state index in [2.05, 4.69) is 12.1 Å². The summed E-state index contributed by atoms with van der Waals surface area (Å²) >= 11 is 0. The van der Waals surface area contributed by atoms with E-state index in [-0.39, 0.29) is 35.6 Å². The molecule has 3 heteroatoms. The molecule has 3 nitrogen and oxygen atoms in total. The third-order valence-corrected chi connectivity index (χ3v) is 5.15. The number of ether oxygens (including phenoxy) is 1. The van der Waals surface area contributed by atoms with Crippen LogP contribution in [-0.2, 0) is 14.3 Å². The fraction of sp³-hybridized carbons (Fsp3) is 0.444. The van der Waals surface area contributed by atoms with E-state index in [0.29, 0.717) is 0 Å². The Labute approximate surface area is 124 Å². The first-order chi connectivity index (χ1) is 9.99. The number of rotatable bonds is 1. The molecule has 2 aliphatic heterocycles. The highest BCUT2D eigenvalue weighted by Crippen LogP contribution is 2.50. The van der Waals surface area contributed by atoms with E-state index in [0.717, 1.165) is 22.3 Å². The predicted molar refractivity (Wildman–Crippen MR) is 78.2 cm³/mol. The summed E-state index contributed by atoms with van der Waals surface area (Å²) < 4.78 is 5.69. The highest BCUT2D eigenvalue weighted by molar-refractivity contribution is 6.17. The summed E-state index contributed by atoms with van der Waals surface area (Å²) in [6, 6.07) is 4.11. The monoisotopic (exact) mass is 282 g/mol. The Morgan fingerprint density at radius 1 is 0.857 bits per heavy atom. The minimum absolute atomic E-state index is 0.0527. The van der Waals surface area contributed by atoms with Gasteiger partial charge in [0.05, 0.1) is 24.0 Å². The van der Waals surface area contributed by atoms with Crippen molar-refractivity contribution in [1.29, 1.82) is 0 Å². The average Bonchev–Trinajstić information content (AvgIpc) is 3.06. The minimum atomic E-state index is -0.589. The highest BCUT2D eigenvalue weighted by atomic mass is 16.5. The van der Waals surface area contributed by atoms with Gasteiger partial charge in [-0.1, -0.05) is 29.8 Å². The van der Waals surface area contributed by atoms with Crippen molar-refractivity contribution in [1.82, 2.24) is 0 Å². The number of aryl methyl sites for hydroxylation is 3. The molecule has 2 bridgehead atoms. The molecule has 2 heterocycles.